The SMILES string of the molecule is c1ccc(-c2ccccc2N(c2ccc(N(c3ccccc3)c3cccc4cc5sc6ccccc6c5cc34)cc2)c2ccc3c4ccccc4n(-c4ccccc4)c3c2)cc1. The number of hydrogen-bond donors (Lipinski definition) is 0. The number of para-hydroxylation sites is 4. The van der Waals surface area contributed by atoms with E-state index in [0.717, 1.165) is 50.9 Å². The molecule has 2 aromatic heterocycles. The van der Waals surface area contributed by atoms with Crippen molar-refractivity contribution in [3.63, 3.8) is 0 Å². The Morgan fingerprint density at radius 2 is 0.903 bits per heavy atom. The van der Waals surface area contributed by atoms with Gasteiger partial charge in [-0.25, -0.2) is 0 Å². The summed E-state index contributed by atoms with van der Waals surface area (Å²) in [5.41, 5.74) is 12.4. The molecule has 0 saturated carbocycles. The van der Waals surface area contributed by atoms with Gasteiger partial charge in [0.25, 0.3) is 0 Å². The second kappa shape index (κ2) is 15.0. The Morgan fingerprint density at radius 3 is 1.69 bits per heavy atom. The molecule has 2 heterocycles. The minimum absolute atomic E-state index is 1.07. The predicted octanol–water partition coefficient (Wildman–Crippen LogP) is 16.9. The zero-order valence-corrected chi connectivity index (χ0v) is 34.6. The van der Waals surface area contributed by atoms with Gasteiger partial charge in [-0.05, 0) is 108 Å². The number of anilines is 6. The van der Waals surface area contributed by atoms with Crippen LogP contribution in [0.2, 0.25) is 0 Å². The molecule has 10 aromatic carbocycles. The van der Waals surface area contributed by atoms with Gasteiger partial charge in [0.15, 0.2) is 0 Å². The van der Waals surface area contributed by atoms with Crippen molar-refractivity contribution in [1.82, 2.24) is 4.57 Å². The zero-order valence-electron chi connectivity index (χ0n) is 33.8. The molecule has 0 spiro atoms. The molecule has 4 heteroatoms. The fourth-order valence-corrected chi connectivity index (χ4v) is 10.5. The summed E-state index contributed by atoms with van der Waals surface area (Å²) in [7, 11) is 0. The third kappa shape index (κ3) is 6.03. The van der Waals surface area contributed by atoms with Gasteiger partial charge in [-0.1, -0.05) is 140 Å². The zero-order chi connectivity index (χ0) is 41.0. The van der Waals surface area contributed by atoms with Crippen LogP contribution in [0.5, 0.6) is 0 Å². The Kier molecular flexibility index (Phi) is 8.68. The summed E-state index contributed by atoms with van der Waals surface area (Å²) in [6, 6.07) is 85.9. The molecule has 62 heavy (non-hydrogen) atoms. The Labute approximate surface area is 364 Å². The monoisotopic (exact) mass is 809 g/mol. The third-order valence-electron chi connectivity index (χ3n) is 12.1. The van der Waals surface area contributed by atoms with Crippen molar-refractivity contribution in [1.29, 1.82) is 0 Å². The first-order valence-electron chi connectivity index (χ1n) is 21.1. The van der Waals surface area contributed by atoms with E-state index in [9.17, 15) is 0 Å². The van der Waals surface area contributed by atoms with Crippen molar-refractivity contribution >= 4 is 98.2 Å². The van der Waals surface area contributed by atoms with Gasteiger partial charge in [0.1, 0.15) is 0 Å². The molecular weight excluding hydrogens is 771 g/mol. The third-order valence-corrected chi connectivity index (χ3v) is 13.3. The van der Waals surface area contributed by atoms with E-state index in [1.54, 1.807) is 0 Å². The van der Waals surface area contributed by atoms with Crippen LogP contribution in [0.25, 0.3) is 69.6 Å². The number of rotatable bonds is 8. The molecular formula is C58H39N3S. The maximum absolute atomic E-state index is 2.42. The van der Waals surface area contributed by atoms with E-state index in [4.69, 9.17) is 0 Å². The van der Waals surface area contributed by atoms with Gasteiger partial charge >= 0.3 is 0 Å². The molecule has 12 aromatic rings. The maximum Gasteiger partial charge on any atom is 0.0561 e. The number of aromatic nitrogens is 1. The summed E-state index contributed by atoms with van der Waals surface area (Å²) in [6.45, 7) is 0. The minimum atomic E-state index is 1.07. The van der Waals surface area contributed by atoms with Crippen LogP contribution in [0, 0.1) is 0 Å². The normalized spacial score (nSPS) is 11.5. The van der Waals surface area contributed by atoms with E-state index in [-0.39, 0.29) is 0 Å². The van der Waals surface area contributed by atoms with Crippen molar-refractivity contribution in [3.05, 3.63) is 237 Å². The van der Waals surface area contributed by atoms with Crippen molar-refractivity contribution in [2.75, 3.05) is 9.80 Å². The molecule has 12 rings (SSSR count). The van der Waals surface area contributed by atoms with Gasteiger partial charge in [-0.2, -0.15) is 0 Å². The lowest BCUT2D eigenvalue weighted by Gasteiger charge is -2.30. The molecule has 0 saturated heterocycles. The molecule has 0 amide bonds. The van der Waals surface area contributed by atoms with E-state index in [2.05, 4.69) is 251 Å². The Morgan fingerprint density at radius 1 is 0.323 bits per heavy atom. The largest absolute Gasteiger partial charge is 0.310 e. The summed E-state index contributed by atoms with van der Waals surface area (Å²) in [6.07, 6.45) is 0. The quantitative estimate of drug-likeness (QED) is 0.151. The van der Waals surface area contributed by atoms with Crippen LogP contribution in [0.3, 0.4) is 0 Å². The molecule has 0 unspecified atom stereocenters. The van der Waals surface area contributed by atoms with Crippen molar-refractivity contribution < 1.29 is 0 Å². The fourth-order valence-electron chi connectivity index (χ4n) is 9.34. The highest BCUT2D eigenvalue weighted by Gasteiger charge is 2.22. The topological polar surface area (TPSA) is 11.4 Å². The first-order valence-corrected chi connectivity index (χ1v) is 21.9. The predicted molar refractivity (Wildman–Crippen MR) is 266 cm³/mol. The fraction of sp³-hybridized carbons (Fsp3) is 0. The highest BCUT2D eigenvalue weighted by Crippen LogP contribution is 2.46. The second-order valence-corrected chi connectivity index (χ2v) is 16.8. The molecule has 0 aliphatic heterocycles. The molecule has 0 fully saturated rings. The number of fused-ring (bicyclic) bond motifs is 7. The van der Waals surface area contributed by atoms with Crippen molar-refractivity contribution in [3.8, 4) is 16.8 Å². The van der Waals surface area contributed by atoms with Gasteiger partial charge in [0.2, 0.25) is 0 Å². The molecule has 292 valence electrons. The molecule has 0 atom stereocenters. The number of nitrogens with zero attached hydrogens (tertiary/aromatic N) is 3. The average molecular weight is 810 g/mol. The molecule has 0 N–H and O–H groups in total. The smallest absolute Gasteiger partial charge is 0.0561 e. The van der Waals surface area contributed by atoms with Crippen LogP contribution in [0.4, 0.5) is 34.1 Å². The highest BCUT2D eigenvalue weighted by molar-refractivity contribution is 7.25. The van der Waals surface area contributed by atoms with Gasteiger partial charge in [-0.15, -0.1) is 11.3 Å². The van der Waals surface area contributed by atoms with E-state index >= 15 is 0 Å². The molecule has 0 aliphatic rings. The van der Waals surface area contributed by atoms with Crippen molar-refractivity contribution in [2.45, 2.75) is 0 Å². The van der Waals surface area contributed by atoms with E-state index < -0.39 is 0 Å². The van der Waals surface area contributed by atoms with Crippen LogP contribution in [0.1, 0.15) is 0 Å². The number of thiophene rings is 1. The van der Waals surface area contributed by atoms with E-state index in [0.29, 0.717) is 0 Å². The summed E-state index contributed by atoms with van der Waals surface area (Å²) < 4.78 is 5.02. The number of hydrogen-bond acceptors (Lipinski definition) is 3. The van der Waals surface area contributed by atoms with E-state index in [1.807, 2.05) is 11.3 Å². The first-order chi connectivity index (χ1) is 30.8. The van der Waals surface area contributed by atoms with Crippen LogP contribution in [-0.2, 0) is 0 Å². The molecule has 0 bridgehead atoms. The summed E-state index contributed by atoms with van der Waals surface area (Å²) >= 11 is 1.86. The van der Waals surface area contributed by atoms with Crippen LogP contribution >= 0.6 is 11.3 Å². The Balaban J connectivity index is 1.05. The molecule has 0 aliphatic carbocycles. The van der Waals surface area contributed by atoms with E-state index in [1.165, 1.54) is 52.8 Å². The summed E-state index contributed by atoms with van der Waals surface area (Å²) in [5.74, 6) is 0. The Hall–Kier alpha value is -7.92. The second-order valence-electron chi connectivity index (χ2n) is 15.7. The summed E-state index contributed by atoms with van der Waals surface area (Å²) in [5, 5.41) is 7.51. The Bertz CT molecular complexity index is 3570. The van der Waals surface area contributed by atoms with Gasteiger partial charge < -0.3 is 14.4 Å². The lowest BCUT2D eigenvalue weighted by Crippen LogP contribution is -2.13. The average Bonchev–Trinajstić information content (AvgIpc) is 3.87. The first kappa shape index (κ1) is 36.0. The lowest BCUT2D eigenvalue weighted by atomic mass is 10.0. The van der Waals surface area contributed by atoms with Crippen LogP contribution < -0.4 is 9.80 Å². The molecule has 0 radical (unpaired) electrons. The number of benzene rings is 10. The van der Waals surface area contributed by atoms with Gasteiger partial charge in [0.05, 0.1) is 22.4 Å². The van der Waals surface area contributed by atoms with Crippen molar-refractivity contribution in [2.24, 2.45) is 0 Å². The highest BCUT2D eigenvalue weighted by atomic mass is 32.1. The van der Waals surface area contributed by atoms with Crippen LogP contribution in [0.15, 0.2) is 237 Å². The lowest BCUT2D eigenvalue weighted by molar-refractivity contribution is 1.18. The van der Waals surface area contributed by atoms with Gasteiger partial charge in [-0.3, -0.25) is 0 Å². The standard InChI is InChI=1S/C58H39N3S/c1-4-17-40(18-5-1)47-24-10-13-27-53(47)60(46-35-36-49-48-25-11-14-28-54(48)61(56(49)38-46)43-22-8-3-9-23-43)45-33-31-44(32-34-45)59(42-20-6-2-7-21-42)55-29-16-19-41-37-58-52(39-51(41)55)50-26-12-15-30-57(50)62-58/h1-39H. The summed E-state index contributed by atoms with van der Waals surface area (Å²) in [4.78, 5) is 4.82. The van der Waals surface area contributed by atoms with Gasteiger partial charge in [0, 0.05) is 70.3 Å². The maximum atomic E-state index is 2.42. The minimum Gasteiger partial charge on any atom is -0.310 e. The van der Waals surface area contributed by atoms with Crippen LogP contribution in [-0.4, -0.2) is 4.57 Å². The molecule has 3 nitrogen and oxygen atoms in total.